The summed E-state index contributed by atoms with van der Waals surface area (Å²) >= 11 is 2.27. The summed E-state index contributed by atoms with van der Waals surface area (Å²) < 4.78 is 0. The highest BCUT2D eigenvalue weighted by atomic mass is 32.1. The van der Waals surface area contributed by atoms with E-state index < -0.39 is 10.8 Å². The number of nitrogens with zero attached hydrogens (tertiary/aromatic N) is 2. The Morgan fingerprint density at radius 2 is 2.09 bits per heavy atom. The minimum Gasteiger partial charge on any atom is -0.312 e. The Morgan fingerprint density at radius 3 is 2.77 bits per heavy atom. The summed E-state index contributed by atoms with van der Waals surface area (Å²) in [5.74, 6) is -0.409. The van der Waals surface area contributed by atoms with Crippen molar-refractivity contribution in [3.05, 3.63) is 43.1 Å². The van der Waals surface area contributed by atoms with E-state index in [9.17, 15) is 20.2 Å². The lowest BCUT2D eigenvalue weighted by Gasteiger charge is -2.09. The van der Waals surface area contributed by atoms with Gasteiger partial charge in [-0.1, -0.05) is 11.3 Å². The molecule has 22 heavy (non-hydrogen) atoms. The average molecular weight is 333 g/mol. The third kappa shape index (κ3) is 2.61. The SMILES string of the molecule is N#Cc1c(NC(=O)c2ccc([N+](=O)[O-])s2)sc2c1CCCC2. The molecule has 1 amide bonds. The number of anilines is 1. The van der Waals surface area contributed by atoms with Crippen molar-refractivity contribution in [2.45, 2.75) is 25.7 Å². The fraction of sp³-hybridized carbons (Fsp3) is 0.286. The molecular formula is C14H11N3O3S2. The Balaban J connectivity index is 1.86. The summed E-state index contributed by atoms with van der Waals surface area (Å²) in [6, 6.07) is 4.91. The van der Waals surface area contributed by atoms with Crippen molar-refractivity contribution >= 4 is 38.6 Å². The Morgan fingerprint density at radius 1 is 1.32 bits per heavy atom. The molecular weight excluding hydrogens is 322 g/mol. The molecule has 0 spiro atoms. The minimum absolute atomic E-state index is 0.0730. The van der Waals surface area contributed by atoms with Crippen LogP contribution in [-0.4, -0.2) is 10.8 Å². The van der Waals surface area contributed by atoms with Gasteiger partial charge in [0.1, 0.15) is 11.1 Å². The Hall–Kier alpha value is -2.24. The predicted molar refractivity (Wildman–Crippen MR) is 84.6 cm³/mol. The van der Waals surface area contributed by atoms with Crippen molar-refractivity contribution in [2.24, 2.45) is 0 Å². The van der Waals surface area contributed by atoms with Crippen molar-refractivity contribution in [2.75, 3.05) is 5.32 Å². The van der Waals surface area contributed by atoms with Gasteiger partial charge in [-0.2, -0.15) is 5.26 Å². The number of carbonyl (C=O) groups is 1. The van der Waals surface area contributed by atoms with Gasteiger partial charge >= 0.3 is 5.00 Å². The minimum atomic E-state index is -0.522. The molecule has 0 fully saturated rings. The highest BCUT2D eigenvalue weighted by Crippen LogP contribution is 2.38. The molecule has 0 saturated heterocycles. The number of nitrogens with one attached hydrogen (secondary N) is 1. The number of nitro groups is 1. The van der Waals surface area contributed by atoms with Gasteiger partial charge in [-0.3, -0.25) is 14.9 Å². The smallest absolute Gasteiger partial charge is 0.312 e. The normalized spacial score (nSPS) is 13.2. The van der Waals surface area contributed by atoms with Crippen LogP contribution in [0.4, 0.5) is 10.0 Å². The first kappa shape index (κ1) is 14.7. The van der Waals surface area contributed by atoms with Crippen molar-refractivity contribution in [1.82, 2.24) is 0 Å². The quantitative estimate of drug-likeness (QED) is 0.684. The highest BCUT2D eigenvalue weighted by molar-refractivity contribution is 7.18. The summed E-state index contributed by atoms with van der Waals surface area (Å²) in [5, 5.41) is 23.2. The monoisotopic (exact) mass is 333 g/mol. The number of fused-ring (bicyclic) bond motifs is 1. The van der Waals surface area contributed by atoms with E-state index >= 15 is 0 Å². The third-order valence-electron chi connectivity index (χ3n) is 3.51. The first-order chi connectivity index (χ1) is 10.6. The summed E-state index contributed by atoms with van der Waals surface area (Å²) in [5.41, 5.74) is 1.59. The zero-order valence-electron chi connectivity index (χ0n) is 11.4. The van der Waals surface area contributed by atoms with E-state index in [0.29, 0.717) is 10.6 Å². The third-order valence-corrected chi connectivity index (χ3v) is 5.75. The fourth-order valence-electron chi connectivity index (χ4n) is 2.48. The maximum absolute atomic E-state index is 12.2. The second-order valence-corrected chi connectivity index (χ2v) is 7.04. The number of carbonyl (C=O) groups excluding carboxylic acids is 1. The largest absolute Gasteiger partial charge is 0.324 e. The molecule has 6 nitrogen and oxygen atoms in total. The number of hydrogen-bond donors (Lipinski definition) is 1. The van der Waals surface area contributed by atoms with Gasteiger partial charge in [0.25, 0.3) is 5.91 Å². The second kappa shape index (κ2) is 5.87. The maximum atomic E-state index is 12.2. The molecule has 0 bridgehead atoms. The number of rotatable bonds is 3. The molecule has 0 atom stereocenters. The lowest BCUT2D eigenvalue weighted by atomic mass is 9.96. The Bertz CT molecular complexity index is 801. The topological polar surface area (TPSA) is 96.0 Å². The molecule has 3 rings (SSSR count). The first-order valence-electron chi connectivity index (χ1n) is 6.70. The molecule has 1 aliphatic rings. The molecule has 1 aliphatic carbocycles. The summed E-state index contributed by atoms with van der Waals surface area (Å²) in [4.78, 5) is 23.8. The number of hydrogen-bond acceptors (Lipinski definition) is 6. The van der Waals surface area contributed by atoms with Crippen LogP contribution in [0.15, 0.2) is 12.1 Å². The maximum Gasteiger partial charge on any atom is 0.324 e. The molecule has 0 radical (unpaired) electrons. The van der Waals surface area contributed by atoms with Gasteiger partial charge in [-0.05, 0) is 37.3 Å². The van der Waals surface area contributed by atoms with Crippen LogP contribution in [-0.2, 0) is 12.8 Å². The number of nitriles is 1. The van der Waals surface area contributed by atoms with E-state index in [1.165, 1.54) is 23.5 Å². The standard InChI is InChI=1S/C14H11N3O3S2/c15-7-9-8-3-1-2-4-10(8)22-14(9)16-13(18)11-5-6-12(21-11)17(19)20/h5-6H,1-4H2,(H,16,18). The molecule has 2 aromatic rings. The van der Waals surface area contributed by atoms with Gasteiger partial charge in [0.2, 0.25) is 0 Å². The lowest BCUT2D eigenvalue weighted by molar-refractivity contribution is -0.380. The van der Waals surface area contributed by atoms with E-state index in [4.69, 9.17) is 0 Å². The molecule has 2 aromatic heterocycles. The first-order valence-corrected chi connectivity index (χ1v) is 8.33. The Kier molecular flexibility index (Phi) is 3.92. The summed E-state index contributed by atoms with van der Waals surface area (Å²) in [6.45, 7) is 0. The second-order valence-electron chi connectivity index (χ2n) is 4.88. The van der Waals surface area contributed by atoms with Crippen LogP contribution in [0.3, 0.4) is 0 Å². The van der Waals surface area contributed by atoms with Crippen LogP contribution in [0.5, 0.6) is 0 Å². The van der Waals surface area contributed by atoms with Gasteiger partial charge < -0.3 is 5.32 Å². The fourth-order valence-corrected chi connectivity index (χ4v) is 4.44. The molecule has 0 aromatic carbocycles. The van der Waals surface area contributed by atoms with Crippen molar-refractivity contribution in [3.8, 4) is 6.07 Å². The molecule has 1 N–H and O–H groups in total. The molecule has 2 heterocycles. The van der Waals surface area contributed by atoms with Crippen LogP contribution in [0.2, 0.25) is 0 Å². The molecule has 0 unspecified atom stereocenters. The van der Waals surface area contributed by atoms with Crippen LogP contribution in [0, 0.1) is 21.4 Å². The number of amides is 1. The van der Waals surface area contributed by atoms with Gasteiger partial charge in [-0.25, -0.2) is 0 Å². The number of aryl methyl sites for hydroxylation is 1. The van der Waals surface area contributed by atoms with Crippen molar-refractivity contribution in [1.29, 1.82) is 5.26 Å². The van der Waals surface area contributed by atoms with E-state index in [1.54, 1.807) is 0 Å². The Labute approximate surface area is 134 Å². The molecule has 112 valence electrons. The van der Waals surface area contributed by atoms with Crippen LogP contribution >= 0.6 is 22.7 Å². The van der Waals surface area contributed by atoms with Crippen molar-refractivity contribution < 1.29 is 9.72 Å². The van der Waals surface area contributed by atoms with Crippen LogP contribution in [0.25, 0.3) is 0 Å². The molecule has 8 heteroatoms. The van der Waals surface area contributed by atoms with E-state index in [0.717, 1.165) is 47.5 Å². The number of thiophene rings is 2. The predicted octanol–water partition coefficient (Wildman–Crippen LogP) is 3.72. The van der Waals surface area contributed by atoms with Gasteiger partial charge in [0, 0.05) is 10.9 Å². The van der Waals surface area contributed by atoms with E-state index in [2.05, 4.69) is 11.4 Å². The molecule has 0 saturated carbocycles. The van der Waals surface area contributed by atoms with Gasteiger partial charge in [-0.15, -0.1) is 11.3 Å². The molecule has 0 aliphatic heterocycles. The van der Waals surface area contributed by atoms with Crippen LogP contribution in [0.1, 0.15) is 38.5 Å². The zero-order valence-corrected chi connectivity index (χ0v) is 13.1. The lowest BCUT2D eigenvalue weighted by Crippen LogP contribution is -2.10. The summed E-state index contributed by atoms with van der Waals surface area (Å²) in [6.07, 6.45) is 3.97. The average Bonchev–Trinajstić information content (AvgIpc) is 3.11. The van der Waals surface area contributed by atoms with Gasteiger partial charge in [0.15, 0.2) is 0 Å². The van der Waals surface area contributed by atoms with E-state index in [-0.39, 0.29) is 9.88 Å². The van der Waals surface area contributed by atoms with Gasteiger partial charge in [0.05, 0.1) is 15.4 Å². The highest BCUT2D eigenvalue weighted by Gasteiger charge is 2.23. The van der Waals surface area contributed by atoms with Crippen molar-refractivity contribution in [3.63, 3.8) is 0 Å². The zero-order chi connectivity index (χ0) is 15.7. The summed E-state index contributed by atoms with van der Waals surface area (Å²) in [7, 11) is 0. The van der Waals surface area contributed by atoms with E-state index in [1.807, 2.05) is 0 Å². The van der Waals surface area contributed by atoms with Crippen LogP contribution < -0.4 is 5.32 Å².